The van der Waals surface area contributed by atoms with Gasteiger partial charge < -0.3 is 4.74 Å². The van der Waals surface area contributed by atoms with E-state index in [-0.39, 0.29) is 48.1 Å². The summed E-state index contributed by atoms with van der Waals surface area (Å²) < 4.78 is 72.2. The Labute approximate surface area is 174 Å². The summed E-state index contributed by atoms with van der Waals surface area (Å²) in [6.45, 7) is 1.77. The topological polar surface area (TPSA) is 110 Å². The average molecular weight is 457 g/mol. The Bertz CT molecular complexity index is 1170. The van der Waals surface area contributed by atoms with Gasteiger partial charge >= 0.3 is 0 Å². The number of benzene rings is 2. The minimum absolute atomic E-state index is 0.0173. The van der Waals surface area contributed by atoms with E-state index in [1.807, 2.05) is 0 Å². The van der Waals surface area contributed by atoms with Crippen LogP contribution in [0.15, 0.2) is 47.4 Å². The molecule has 0 unspecified atom stereocenters. The molecule has 30 heavy (non-hydrogen) atoms. The Morgan fingerprint density at radius 2 is 1.93 bits per heavy atom. The smallest absolute Gasteiger partial charge is 0.244 e. The van der Waals surface area contributed by atoms with E-state index in [0.717, 1.165) is 6.07 Å². The van der Waals surface area contributed by atoms with Crippen LogP contribution in [0.1, 0.15) is 18.9 Å². The molecule has 1 aliphatic rings. The Hall–Kier alpha value is -2.50. The van der Waals surface area contributed by atoms with Gasteiger partial charge in [-0.1, -0.05) is 18.2 Å². The molecule has 8 nitrogen and oxygen atoms in total. The van der Waals surface area contributed by atoms with Crippen LogP contribution in [0.25, 0.3) is 0 Å². The molecule has 162 valence electrons. The lowest BCUT2D eigenvalue weighted by atomic mass is 10.1. The molecule has 0 radical (unpaired) electrons. The second-order valence-corrected chi connectivity index (χ2v) is 10.2. The Kier molecular flexibility index (Phi) is 6.44. The van der Waals surface area contributed by atoms with Crippen molar-refractivity contribution >= 4 is 31.6 Å². The zero-order chi connectivity index (χ0) is 21.9. The maximum Gasteiger partial charge on any atom is 0.244 e. The van der Waals surface area contributed by atoms with Crippen LogP contribution in [0.2, 0.25) is 0 Å². The number of anilines is 1. The minimum atomic E-state index is -4.13. The first-order valence-electron chi connectivity index (χ1n) is 9.21. The Morgan fingerprint density at radius 1 is 1.20 bits per heavy atom. The number of carbonyl (C=O) groups excluding carboxylic acids is 1. The van der Waals surface area contributed by atoms with Crippen molar-refractivity contribution in [3.05, 3.63) is 53.8 Å². The number of amides is 1. The predicted octanol–water partition coefficient (Wildman–Crippen LogP) is 1.81. The lowest BCUT2D eigenvalue weighted by Crippen LogP contribution is -2.30. The molecule has 0 saturated carbocycles. The fraction of sp³-hybridized carbons (Fsp3) is 0.316. The molecule has 1 fully saturated rings. The lowest BCUT2D eigenvalue weighted by Gasteiger charge is -2.18. The summed E-state index contributed by atoms with van der Waals surface area (Å²) in [7, 11) is -7.98. The van der Waals surface area contributed by atoms with Crippen molar-refractivity contribution in [3.63, 3.8) is 0 Å². The number of rotatable bonds is 8. The van der Waals surface area contributed by atoms with Gasteiger partial charge in [-0.05, 0) is 43.2 Å². The summed E-state index contributed by atoms with van der Waals surface area (Å²) in [5, 5.41) is 0. The SMILES string of the molecule is CCOc1ccc(N2C(=O)CCS2(=O)=O)cc1S(=O)(=O)NCCc1ccccc1F. The van der Waals surface area contributed by atoms with Gasteiger partial charge in [0, 0.05) is 13.0 Å². The first-order chi connectivity index (χ1) is 14.2. The van der Waals surface area contributed by atoms with E-state index in [1.54, 1.807) is 19.1 Å². The van der Waals surface area contributed by atoms with Crippen LogP contribution in [0, 0.1) is 5.82 Å². The van der Waals surface area contributed by atoms with Crippen molar-refractivity contribution in [3.8, 4) is 5.75 Å². The lowest BCUT2D eigenvalue weighted by molar-refractivity contribution is -0.116. The number of nitrogens with zero attached hydrogens (tertiary/aromatic N) is 1. The second-order valence-electron chi connectivity index (χ2n) is 6.53. The number of hydrogen-bond donors (Lipinski definition) is 1. The number of sulfonamides is 2. The summed E-state index contributed by atoms with van der Waals surface area (Å²) >= 11 is 0. The molecular formula is C19H21FN2O6S2. The van der Waals surface area contributed by atoms with Crippen LogP contribution in [0.3, 0.4) is 0 Å². The normalized spacial score (nSPS) is 16.1. The van der Waals surface area contributed by atoms with E-state index in [4.69, 9.17) is 4.74 Å². The standard InChI is InChI=1S/C19H21FN2O6S2/c1-2-28-17-8-7-15(22-19(23)10-12-29(22,24)25)13-18(17)30(26,27)21-11-9-14-5-3-4-6-16(14)20/h3-8,13,21H,2,9-12H2,1H3. The third-order valence-electron chi connectivity index (χ3n) is 4.47. The van der Waals surface area contributed by atoms with Gasteiger partial charge in [0.05, 0.1) is 18.0 Å². The molecule has 0 aliphatic carbocycles. The fourth-order valence-electron chi connectivity index (χ4n) is 3.08. The number of hydrogen-bond acceptors (Lipinski definition) is 6. The summed E-state index contributed by atoms with van der Waals surface area (Å²) in [5.74, 6) is -1.38. The van der Waals surface area contributed by atoms with E-state index in [0.29, 0.717) is 9.87 Å². The number of ether oxygens (including phenoxy) is 1. The summed E-state index contributed by atoms with van der Waals surface area (Å²) in [5.41, 5.74) is 0.281. The van der Waals surface area contributed by atoms with Crippen LogP contribution in [-0.4, -0.2) is 41.6 Å². The zero-order valence-corrected chi connectivity index (χ0v) is 17.8. The fourth-order valence-corrected chi connectivity index (χ4v) is 5.72. The van der Waals surface area contributed by atoms with Crippen LogP contribution in [-0.2, 0) is 31.3 Å². The van der Waals surface area contributed by atoms with Gasteiger partial charge in [0.2, 0.25) is 26.0 Å². The van der Waals surface area contributed by atoms with Crippen molar-refractivity contribution in [1.82, 2.24) is 4.72 Å². The molecule has 11 heteroatoms. The third-order valence-corrected chi connectivity index (χ3v) is 7.65. The highest BCUT2D eigenvalue weighted by Crippen LogP contribution is 2.32. The van der Waals surface area contributed by atoms with E-state index in [9.17, 15) is 26.0 Å². The number of nitrogens with one attached hydrogen (secondary N) is 1. The Morgan fingerprint density at radius 3 is 2.57 bits per heavy atom. The minimum Gasteiger partial charge on any atom is -0.492 e. The third kappa shape index (κ3) is 4.63. The van der Waals surface area contributed by atoms with Gasteiger partial charge in [0.25, 0.3) is 0 Å². The molecule has 1 aliphatic heterocycles. The maximum absolute atomic E-state index is 13.7. The number of carbonyl (C=O) groups is 1. The van der Waals surface area contributed by atoms with Gasteiger partial charge in [-0.15, -0.1) is 0 Å². The van der Waals surface area contributed by atoms with Crippen molar-refractivity contribution in [1.29, 1.82) is 0 Å². The van der Waals surface area contributed by atoms with Gasteiger partial charge in [-0.2, -0.15) is 0 Å². The summed E-state index contributed by atoms with van der Waals surface area (Å²) in [4.78, 5) is 11.7. The molecule has 2 aromatic carbocycles. The quantitative estimate of drug-likeness (QED) is 0.649. The highest BCUT2D eigenvalue weighted by atomic mass is 32.2. The van der Waals surface area contributed by atoms with Crippen molar-refractivity contribution in [2.45, 2.75) is 24.7 Å². The van der Waals surface area contributed by atoms with Gasteiger partial charge in [0.15, 0.2) is 0 Å². The van der Waals surface area contributed by atoms with E-state index in [1.165, 1.54) is 24.3 Å². The summed E-state index contributed by atoms with van der Waals surface area (Å²) in [6.07, 6.45) is -0.0485. The van der Waals surface area contributed by atoms with Gasteiger partial charge in [-0.3, -0.25) is 4.79 Å². The van der Waals surface area contributed by atoms with Crippen LogP contribution in [0.4, 0.5) is 10.1 Å². The molecule has 1 saturated heterocycles. The van der Waals surface area contributed by atoms with E-state index < -0.39 is 31.8 Å². The molecule has 3 rings (SSSR count). The molecule has 0 aromatic heterocycles. The predicted molar refractivity (Wildman–Crippen MR) is 109 cm³/mol. The van der Waals surface area contributed by atoms with Crippen LogP contribution in [0.5, 0.6) is 5.75 Å². The van der Waals surface area contributed by atoms with Crippen molar-refractivity contribution in [2.75, 3.05) is 23.2 Å². The molecule has 1 amide bonds. The monoisotopic (exact) mass is 456 g/mol. The van der Waals surface area contributed by atoms with Crippen molar-refractivity contribution < 1.29 is 30.8 Å². The van der Waals surface area contributed by atoms with Gasteiger partial charge in [0.1, 0.15) is 16.5 Å². The second kappa shape index (κ2) is 8.70. The van der Waals surface area contributed by atoms with E-state index >= 15 is 0 Å². The first-order valence-corrected chi connectivity index (χ1v) is 12.3. The highest BCUT2D eigenvalue weighted by Gasteiger charge is 2.37. The molecule has 0 bridgehead atoms. The molecule has 0 atom stereocenters. The highest BCUT2D eigenvalue weighted by molar-refractivity contribution is 7.94. The number of halogens is 1. The molecule has 1 N–H and O–H groups in total. The Balaban J connectivity index is 1.90. The van der Waals surface area contributed by atoms with Crippen LogP contribution >= 0.6 is 0 Å². The first kappa shape index (κ1) is 22.2. The van der Waals surface area contributed by atoms with Crippen molar-refractivity contribution in [2.24, 2.45) is 0 Å². The summed E-state index contributed by atoms with van der Waals surface area (Å²) in [6, 6.07) is 9.76. The van der Waals surface area contributed by atoms with Gasteiger partial charge in [-0.25, -0.2) is 30.3 Å². The molecule has 2 aromatic rings. The molecule has 0 spiro atoms. The molecular weight excluding hydrogens is 435 g/mol. The average Bonchev–Trinajstić information content (AvgIpc) is 2.96. The largest absolute Gasteiger partial charge is 0.492 e. The van der Waals surface area contributed by atoms with Crippen LogP contribution < -0.4 is 13.8 Å². The zero-order valence-electron chi connectivity index (χ0n) is 16.2. The molecule has 1 heterocycles. The van der Waals surface area contributed by atoms with E-state index in [2.05, 4.69) is 4.72 Å². The maximum atomic E-state index is 13.7.